The zero-order chi connectivity index (χ0) is 16.5. The topological polar surface area (TPSA) is 46.5 Å². The first-order valence-electron chi connectivity index (χ1n) is 8.15. The van der Waals surface area contributed by atoms with E-state index in [-0.39, 0.29) is 17.8 Å². The lowest BCUT2D eigenvalue weighted by molar-refractivity contribution is -0.163. The highest BCUT2D eigenvalue weighted by molar-refractivity contribution is 5.91. The zero-order valence-corrected chi connectivity index (χ0v) is 14.2. The lowest BCUT2D eigenvalue weighted by Gasteiger charge is -2.39. The molecular weight excluding hydrogens is 276 g/mol. The predicted molar refractivity (Wildman–Crippen MR) is 88.3 cm³/mol. The van der Waals surface area contributed by atoms with Crippen LogP contribution in [0.25, 0.3) is 0 Å². The maximum Gasteiger partial charge on any atom is 0.210 e. The quantitative estimate of drug-likeness (QED) is 0.783. The molecular formula is C19H28O3. The van der Waals surface area contributed by atoms with Crippen LogP contribution in [0.1, 0.15) is 53.4 Å². The van der Waals surface area contributed by atoms with Gasteiger partial charge in [-0.15, -0.1) is 6.58 Å². The molecule has 1 heterocycles. The van der Waals surface area contributed by atoms with Crippen molar-refractivity contribution in [1.82, 2.24) is 0 Å². The molecule has 3 heteroatoms. The lowest BCUT2D eigenvalue weighted by atomic mass is 9.73. The van der Waals surface area contributed by atoms with E-state index >= 15 is 0 Å². The molecule has 1 N–H and O–H groups in total. The number of aliphatic hydroxyl groups is 1. The summed E-state index contributed by atoms with van der Waals surface area (Å²) in [6.45, 7) is 12.5. The molecule has 2 rings (SSSR count). The van der Waals surface area contributed by atoms with Gasteiger partial charge in [-0.05, 0) is 61.7 Å². The number of ketones is 1. The molecule has 0 spiro atoms. The molecule has 22 heavy (non-hydrogen) atoms. The molecule has 1 aliphatic carbocycles. The monoisotopic (exact) mass is 304 g/mol. The highest BCUT2D eigenvalue weighted by atomic mass is 16.6. The summed E-state index contributed by atoms with van der Waals surface area (Å²) in [6, 6.07) is 0. The minimum atomic E-state index is -1.44. The number of carbonyl (C=O) groups excluding carboxylic acids is 1. The van der Waals surface area contributed by atoms with Crippen molar-refractivity contribution in [3.8, 4) is 0 Å². The van der Waals surface area contributed by atoms with E-state index in [2.05, 4.69) is 27.4 Å². The number of hydrogen-bond acceptors (Lipinski definition) is 3. The van der Waals surface area contributed by atoms with E-state index < -0.39 is 5.79 Å². The van der Waals surface area contributed by atoms with E-state index in [9.17, 15) is 9.90 Å². The first-order chi connectivity index (χ1) is 10.2. The zero-order valence-electron chi connectivity index (χ0n) is 14.2. The summed E-state index contributed by atoms with van der Waals surface area (Å²) in [5, 5.41) is 11.1. The fourth-order valence-electron chi connectivity index (χ4n) is 3.67. The largest absolute Gasteiger partial charge is 0.359 e. The predicted octanol–water partition coefficient (Wildman–Crippen LogP) is 3.94. The van der Waals surface area contributed by atoms with Gasteiger partial charge in [0.1, 0.15) is 6.61 Å². The molecule has 2 aliphatic rings. The minimum absolute atomic E-state index is 0.0571. The minimum Gasteiger partial charge on any atom is -0.359 e. The Kier molecular flexibility index (Phi) is 4.78. The van der Waals surface area contributed by atoms with Crippen LogP contribution in [0.15, 0.2) is 35.5 Å². The van der Waals surface area contributed by atoms with Crippen molar-refractivity contribution in [3.05, 3.63) is 35.5 Å². The third-order valence-electron chi connectivity index (χ3n) is 4.96. The fourth-order valence-corrected chi connectivity index (χ4v) is 3.67. The molecule has 0 bridgehead atoms. The van der Waals surface area contributed by atoms with Crippen LogP contribution >= 0.6 is 0 Å². The fraction of sp³-hybridized carbons (Fsp3) is 0.632. The second-order valence-electron chi connectivity index (χ2n) is 7.36. The Balaban J connectivity index is 2.43. The smallest absolute Gasteiger partial charge is 0.210 e. The summed E-state index contributed by atoms with van der Waals surface area (Å²) in [6.07, 6.45) is 6.85. The molecule has 0 saturated heterocycles. The number of ether oxygens (including phenoxy) is 1. The van der Waals surface area contributed by atoms with Gasteiger partial charge in [0, 0.05) is 0 Å². The summed E-state index contributed by atoms with van der Waals surface area (Å²) in [4.78, 5) is 11.4. The SMILES string of the molecule is C=C(C)CCC1(C)CCC(C(C)C)=C1C1(O)C=CC(=O)CO1. The molecule has 3 nitrogen and oxygen atoms in total. The van der Waals surface area contributed by atoms with Gasteiger partial charge < -0.3 is 9.84 Å². The summed E-state index contributed by atoms with van der Waals surface area (Å²) >= 11 is 0. The molecule has 0 radical (unpaired) electrons. The van der Waals surface area contributed by atoms with E-state index in [1.54, 1.807) is 0 Å². The average molecular weight is 304 g/mol. The Morgan fingerprint density at radius 1 is 1.50 bits per heavy atom. The van der Waals surface area contributed by atoms with E-state index in [0.29, 0.717) is 5.92 Å². The highest BCUT2D eigenvalue weighted by Crippen LogP contribution is 2.53. The van der Waals surface area contributed by atoms with Crippen LogP contribution in [0, 0.1) is 11.3 Å². The number of rotatable bonds is 5. The van der Waals surface area contributed by atoms with Gasteiger partial charge in [0.15, 0.2) is 5.78 Å². The van der Waals surface area contributed by atoms with Crippen LogP contribution in [0.2, 0.25) is 0 Å². The van der Waals surface area contributed by atoms with Crippen molar-refractivity contribution in [2.24, 2.45) is 11.3 Å². The van der Waals surface area contributed by atoms with Gasteiger partial charge in [0.05, 0.1) is 0 Å². The Morgan fingerprint density at radius 2 is 2.18 bits per heavy atom. The van der Waals surface area contributed by atoms with Gasteiger partial charge in [-0.2, -0.15) is 0 Å². The van der Waals surface area contributed by atoms with Crippen LogP contribution in [-0.4, -0.2) is 23.3 Å². The van der Waals surface area contributed by atoms with Gasteiger partial charge in [-0.25, -0.2) is 0 Å². The Bertz CT molecular complexity index is 541. The van der Waals surface area contributed by atoms with E-state index in [1.807, 2.05) is 6.92 Å². The standard InChI is InChI=1S/C19H28O3/c1-13(2)6-9-18(5)10-8-16(14(3)4)17(18)19(21)11-7-15(20)12-22-19/h7,11,14,21H,1,6,8-10,12H2,2-5H3. The van der Waals surface area contributed by atoms with Crippen LogP contribution in [-0.2, 0) is 9.53 Å². The number of hydrogen-bond donors (Lipinski definition) is 1. The lowest BCUT2D eigenvalue weighted by Crippen LogP contribution is -2.42. The molecule has 0 saturated carbocycles. The molecule has 0 aromatic carbocycles. The Hall–Kier alpha value is -1.19. The van der Waals surface area contributed by atoms with Crippen molar-refractivity contribution in [1.29, 1.82) is 0 Å². The molecule has 2 atom stereocenters. The van der Waals surface area contributed by atoms with E-state index in [0.717, 1.165) is 36.8 Å². The molecule has 2 unspecified atom stereocenters. The average Bonchev–Trinajstić information content (AvgIpc) is 2.80. The van der Waals surface area contributed by atoms with Crippen LogP contribution in [0.4, 0.5) is 0 Å². The first kappa shape index (κ1) is 17.2. The van der Waals surface area contributed by atoms with Crippen molar-refractivity contribution < 1.29 is 14.6 Å². The van der Waals surface area contributed by atoms with Crippen LogP contribution in [0.3, 0.4) is 0 Å². The molecule has 0 aromatic rings. The summed E-state index contributed by atoms with van der Waals surface area (Å²) in [5.41, 5.74) is 3.28. The maximum absolute atomic E-state index is 11.4. The summed E-state index contributed by atoms with van der Waals surface area (Å²) in [7, 11) is 0. The molecule has 0 amide bonds. The summed E-state index contributed by atoms with van der Waals surface area (Å²) < 4.78 is 5.58. The van der Waals surface area contributed by atoms with Crippen molar-refractivity contribution >= 4 is 5.78 Å². The molecule has 0 fully saturated rings. The second kappa shape index (κ2) is 6.13. The third-order valence-corrected chi connectivity index (χ3v) is 4.96. The Labute approximate surface area is 133 Å². The normalized spacial score (nSPS) is 32.2. The highest BCUT2D eigenvalue weighted by Gasteiger charge is 2.48. The third kappa shape index (κ3) is 3.26. The molecule has 122 valence electrons. The van der Waals surface area contributed by atoms with Gasteiger partial charge in [-0.3, -0.25) is 4.79 Å². The number of allylic oxidation sites excluding steroid dienone is 2. The van der Waals surface area contributed by atoms with Crippen molar-refractivity contribution in [3.63, 3.8) is 0 Å². The van der Waals surface area contributed by atoms with Crippen LogP contribution in [0.5, 0.6) is 0 Å². The van der Waals surface area contributed by atoms with Crippen molar-refractivity contribution in [2.45, 2.75) is 59.2 Å². The van der Waals surface area contributed by atoms with Crippen LogP contribution < -0.4 is 0 Å². The van der Waals surface area contributed by atoms with Crippen molar-refractivity contribution in [2.75, 3.05) is 6.61 Å². The van der Waals surface area contributed by atoms with E-state index in [1.165, 1.54) is 17.7 Å². The Morgan fingerprint density at radius 3 is 2.68 bits per heavy atom. The second-order valence-corrected chi connectivity index (χ2v) is 7.36. The van der Waals surface area contributed by atoms with Gasteiger partial charge in [-0.1, -0.05) is 31.9 Å². The van der Waals surface area contributed by atoms with E-state index in [4.69, 9.17) is 4.74 Å². The summed E-state index contributed by atoms with van der Waals surface area (Å²) in [5.74, 6) is -1.17. The van der Waals surface area contributed by atoms with Gasteiger partial charge >= 0.3 is 0 Å². The number of carbonyl (C=O) groups is 1. The molecule has 1 aliphatic heterocycles. The molecule has 0 aromatic heterocycles. The maximum atomic E-state index is 11.4. The first-order valence-corrected chi connectivity index (χ1v) is 8.15. The van der Waals surface area contributed by atoms with Gasteiger partial charge in [0.25, 0.3) is 0 Å². The van der Waals surface area contributed by atoms with Gasteiger partial charge in [0.2, 0.25) is 5.79 Å².